The molecule has 0 spiro atoms. The van der Waals surface area contributed by atoms with Crippen molar-refractivity contribution in [1.82, 2.24) is 0 Å². The van der Waals surface area contributed by atoms with Crippen LogP contribution in [0.2, 0.25) is 0 Å². The van der Waals surface area contributed by atoms with Crippen LogP contribution in [0.1, 0.15) is 76.7 Å². The van der Waals surface area contributed by atoms with Gasteiger partial charge in [0, 0.05) is 17.7 Å². The van der Waals surface area contributed by atoms with E-state index in [0.717, 1.165) is 12.8 Å². The Kier molecular flexibility index (Phi) is 8.72. The minimum Gasteiger partial charge on any atom is -0.508 e. The molecule has 0 bridgehead atoms. The van der Waals surface area contributed by atoms with Crippen LogP contribution in [0.25, 0.3) is 0 Å². The van der Waals surface area contributed by atoms with Crippen molar-refractivity contribution in [2.45, 2.75) is 77.6 Å². The third-order valence-corrected chi connectivity index (χ3v) is 3.97. The average molecular weight is 294 g/mol. The highest BCUT2D eigenvalue weighted by molar-refractivity contribution is 5.48. The molecular weight excluding hydrogens is 264 g/mol. The molecular formula is C18H30O3. The van der Waals surface area contributed by atoms with Crippen molar-refractivity contribution in [1.29, 1.82) is 0 Å². The van der Waals surface area contributed by atoms with Gasteiger partial charge in [-0.05, 0) is 12.8 Å². The highest BCUT2D eigenvalue weighted by Crippen LogP contribution is 2.33. The van der Waals surface area contributed by atoms with Crippen molar-refractivity contribution < 1.29 is 15.3 Å². The quantitative estimate of drug-likeness (QED) is 0.487. The standard InChI is InChI=1S/C18H30O3/c1-2-3-4-5-6-7-8-9-10-11-12-16-17(20)13-15(19)14-18(16)21/h13-14,19-21H,2-12H2,1H3. The molecule has 0 aliphatic carbocycles. The second kappa shape index (κ2) is 10.4. The maximum Gasteiger partial charge on any atom is 0.126 e. The Morgan fingerprint density at radius 1 is 0.667 bits per heavy atom. The smallest absolute Gasteiger partial charge is 0.126 e. The summed E-state index contributed by atoms with van der Waals surface area (Å²) < 4.78 is 0. The monoisotopic (exact) mass is 294 g/mol. The lowest BCUT2D eigenvalue weighted by Gasteiger charge is -2.08. The predicted octanol–water partition coefficient (Wildman–Crippen LogP) is 5.27. The summed E-state index contributed by atoms with van der Waals surface area (Å²) in [6.45, 7) is 2.24. The predicted molar refractivity (Wildman–Crippen MR) is 87.0 cm³/mol. The summed E-state index contributed by atoms with van der Waals surface area (Å²) in [5.41, 5.74) is 0.548. The third kappa shape index (κ3) is 7.26. The van der Waals surface area contributed by atoms with Crippen LogP contribution < -0.4 is 0 Å². The zero-order chi connectivity index (χ0) is 15.5. The SMILES string of the molecule is CCCCCCCCCCCCc1c(O)cc(O)cc1O. The van der Waals surface area contributed by atoms with Crippen LogP contribution in [0, 0.1) is 0 Å². The Morgan fingerprint density at radius 3 is 1.57 bits per heavy atom. The molecule has 3 heteroatoms. The first-order chi connectivity index (χ1) is 10.1. The van der Waals surface area contributed by atoms with Crippen LogP contribution in [-0.4, -0.2) is 15.3 Å². The van der Waals surface area contributed by atoms with E-state index in [4.69, 9.17) is 0 Å². The topological polar surface area (TPSA) is 60.7 Å². The van der Waals surface area contributed by atoms with Gasteiger partial charge in [0.15, 0.2) is 0 Å². The number of hydrogen-bond acceptors (Lipinski definition) is 3. The van der Waals surface area contributed by atoms with E-state index in [9.17, 15) is 15.3 Å². The van der Waals surface area contributed by atoms with Crippen molar-refractivity contribution in [2.24, 2.45) is 0 Å². The van der Waals surface area contributed by atoms with E-state index >= 15 is 0 Å². The van der Waals surface area contributed by atoms with Crippen LogP contribution in [-0.2, 0) is 6.42 Å². The van der Waals surface area contributed by atoms with Gasteiger partial charge in [0.1, 0.15) is 17.2 Å². The number of benzene rings is 1. The summed E-state index contributed by atoms with van der Waals surface area (Å²) >= 11 is 0. The Hall–Kier alpha value is -1.38. The summed E-state index contributed by atoms with van der Waals surface area (Å²) in [7, 11) is 0. The van der Waals surface area contributed by atoms with E-state index in [1.54, 1.807) is 0 Å². The number of phenols is 3. The maximum atomic E-state index is 9.70. The minimum absolute atomic E-state index is 0.0107. The van der Waals surface area contributed by atoms with Gasteiger partial charge in [-0.1, -0.05) is 64.7 Å². The molecule has 1 aromatic carbocycles. The number of hydrogen-bond donors (Lipinski definition) is 3. The number of unbranched alkanes of at least 4 members (excludes halogenated alkanes) is 9. The van der Waals surface area contributed by atoms with Crippen molar-refractivity contribution in [3.63, 3.8) is 0 Å². The van der Waals surface area contributed by atoms with E-state index in [1.165, 1.54) is 63.5 Å². The van der Waals surface area contributed by atoms with Gasteiger partial charge in [0.2, 0.25) is 0 Å². The van der Waals surface area contributed by atoms with E-state index in [1.807, 2.05) is 0 Å². The van der Waals surface area contributed by atoms with Crippen LogP contribution in [0.15, 0.2) is 12.1 Å². The molecule has 1 rings (SSSR count). The highest BCUT2D eigenvalue weighted by atomic mass is 16.3. The zero-order valence-corrected chi connectivity index (χ0v) is 13.3. The van der Waals surface area contributed by atoms with Crippen LogP contribution in [0.3, 0.4) is 0 Å². The maximum absolute atomic E-state index is 9.70. The summed E-state index contributed by atoms with van der Waals surface area (Å²) in [5, 5.41) is 28.6. The van der Waals surface area contributed by atoms with Crippen molar-refractivity contribution >= 4 is 0 Å². The normalized spacial score (nSPS) is 10.9. The van der Waals surface area contributed by atoms with Crippen LogP contribution in [0.5, 0.6) is 17.2 Å². The van der Waals surface area contributed by atoms with E-state index in [0.29, 0.717) is 12.0 Å². The summed E-state index contributed by atoms with van der Waals surface area (Å²) in [4.78, 5) is 0. The third-order valence-electron chi connectivity index (χ3n) is 3.97. The molecule has 0 aliphatic heterocycles. The summed E-state index contributed by atoms with van der Waals surface area (Å²) in [6, 6.07) is 2.57. The molecule has 1 aromatic rings. The molecule has 0 unspecified atom stereocenters. The first-order valence-corrected chi connectivity index (χ1v) is 8.39. The van der Waals surface area contributed by atoms with Gasteiger partial charge < -0.3 is 15.3 Å². The molecule has 0 saturated carbocycles. The molecule has 0 saturated heterocycles. The van der Waals surface area contributed by atoms with Gasteiger partial charge in [-0.15, -0.1) is 0 Å². The van der Waals surface area contributed by atoms with Gasteiger partial charge in [-0.3, -0.25) is 0 Å². The summed E-state index contributed by atoms with van der Waals surface area (Å²) in [5.74, 6) is -0.122. The van der Waals surface area contributed by atoms with Gasteiger partial charge in [0.25, 0.3) is 0 Å². The number of aromatic hydroxyl groups is 3. The Balaban J connectivity index is 2.07. The number of phenolic OH excluding ortho intramolecular Hbond substituents is 3. The zero-order valence-electron chi connectivity index (χ0n) is 13.3. The molecule has 3 N–H and O–H groups in total. The molecule has 0 atom stereocenters. The molecule has 0 aromatic heterocycles. The molecule has 0 radical (unpaired) electrons. The largest absolute Gasteiger partial charge is 0.508 e. The average Bonchev–Trinajstić information content (AvgIpc) is 2.43. The minimum atomic E-state index is -0.100. The van der Waals surface area contributed by atoms with Crippen LogP contribution in [0.4, 0.5) is 0 Å². The molecule has 21 heavy (non-hydrogen) atoms. The van der Waals surface area contributed by atoms with E-state index < -0.39 is 0 Å². The lowest BCUT2D eigenvalue weighted by Crippen LogP contribution is -1.89. The first kappa shape index (κ1) is 17.7. The fourth-order valence-electron chi connectivity index (χ4n) is 2.67. The second-order valence-electron chi connectivity index (χ2n) is 5.89. The Morgan fingerprint density at radius 2 is 1.10 bits per heavy atom. The molecule has 0 fully saturated rings. The van der Waals surface area contributed by atoms with E-state index in [2.05, 4.69) is 6.92 Å². The Labute approximate surface area is 128 Å². The molecule has 0 heterocycles. The molecule has 0 amide bonds. The van der Waals surface area contributed by atoms with Gasteiger partial charge in [0.05, 0.1) is 0 Å². The van der Waals surface area contributed by atoms with Crippen molar-refractivity contribution in [3.8, 4) is 17.2 Å². The van der Waals surface area contributed by atoms with Gasteiger partial charge in [-0.25, -0.2) is 0 Å². The molecule has 120 valence electrons. The first-order valence-electron chi connectivity index (χ1n) is 8.39. The molecule has 0 aliphatic rings. The van der Waals surface area contributed by atoms with Crippen molar-refractivity contribution in [2.75, 3.05) is 0 Å². The lowest BCUT2D eigenvalue weighted by molar-refractivity contribution is 0.417. The van der Waals surface area contributed by atoms with Crippen LogP contribution >= 0.6 is 0 Å². The fourth-order valence-corrected chi connectivity index (χ4v) is 2.67. The van der Waals surface area contributed by atoms with Gasteiger partial charge in [-0.2, -0.15) is 0 Å². The van der Waals surface area contributed by atoms with E-state index in [-0.39, 0.29) is 17.2 Å². The molecule has 3 nitrogen and oxygen atoms in total. The summed E-state index contributed by atoms with van der Waals surface area (Å²) in [6.07, 6.45) is 13.3. The lowest BCUT2D eigenvalue weighted by atomic mass is 10.0. The number of rotatable bonds is 11. The Bertz CT molecular complexity index is 378. The van der Waals surface area contributed by atoms with Gasteiger partial charge >= 0.3 is 0 Å². The second-order valence-corrected chi connectivity index (χ2v) is 5.89. The fraction of sp³-hybridized carbons (Fsp3) is 0.667. The van der Waals surface area contributed by atoms with Crippen molar-refractivity contribution in [3.05, 3.63) is 17.7 Å². The highest BCUT2D eigenvalue weighted by Gasteiger charge is 2.09.